The summed E-state index contributed by atoms with van der Waals surface area (Å²) >= 11 is 0. The zero-order chi connectivity index (χ0) is 21.3. The van der Waals surface area contributed by atoms with Crippen molar-refractivity contribution in [3.8, 4) is 17.5 Å². The third-order valence-corrected chi connectivity index (χ3v) is 5.74. The molecule has 7 heteroatoms. The summed E-state index contributed by atoms with van der Waals surface area (Å²) in [4.78, 5) is 6.61. The van der Waals surface area contributed by atoms with Crippen LogP contribution in [0.3, 0.4) is 0 Å². The fraction of sp³-hybridized carbons (Fsp3) is 0.304. The molecule has 1 fully saturated rings. The number of nitrogens with zero attached hydrogens (tertiary/aromatic N) is 4. The number of aryl methyl sites for hydroxylation is 1. The molecule has 1 aromatic carbocycles. The predicted molar refractivity (Wildman–Crippen MR) is 109 cm³/mol. The third-order valence-electron chi connectivity index (χ3n) is 5.74. The summed E-state index contributed by atoms with van der Waals surface area (Å²) in [6.45, 7) is 1.37. The van der Waals surface area contributed by atoms with Gasteiger partial charge >= 0.3 is 6.18 Å². The number of anilines is 1. The molecule has 0 saturated carbocycles. The van der Waals surface area contributed by atoms with Crippen LogP contribution in [-0.2, 0) is 13.2 Å². The van der Waals surface area contributed by atoms with Gasteiger partial charge in [-0.25, -0.2) is 0 Å². The highest BCUT2D eigenvalue weighted by atomic mass is 19.4. The topological polar surface area (TPSA) is 44.9 Å². The molecule has 154 valence electrons. The number of aromatic nitrogens is 2. The van der Waals surface area contributed by atoms with E-state index < -0.39 is 11.7 Å². The van der Waals surface area contributed by atoms with Gasteiger partial charge in [-0.2, -0.15) is 18.4 Å². The Bertz CT molecular complexity index is 1070. The maximum atomic E-state index is 12.9. The lowest BCUT2D eigenvalue weighted by Crippen LogP contribution is -2.33. The summed E-state index contributed by atoms with van der Waals surface area (Å²) in [5.41, 5.74) is 3.00. The number of nitriles is 1. The molecule has 0 aliphatic carbocycles. The summed E-state index contributed by atoms with van der Waals surface area (Å²) in [5.74, 6) is 0.344. The second-order valence-electron chi connectivity index (χ2n) is 7.58. The zero-order valence-corrected chi connectivity index (χ0v) is 16.5. The Morgan fingerprint density at radius 2 is 1.87 bits per heavy atom. The second kappa shape index (κ2) is 7.86. The maximum absolute atomic E-state index is 12.9. The van der Waals surface area contributed by atoms with Crippen molar-refractivity contribution in [2.45, 2.75) is 24.9 Å². The Balaban J connectivity index is 1.45. The standard InChI is InChI=1S/C23H21F3N4/c1-29-10-2-3-22(29)20-6-4-17(15-28-20)16-8-11-30(12-9-16)21-7-5-19(23(24,25)26)13-18(21)14-27/h2-7,10,13,15-16H,8-9,11-12H2,1H3. The van der Waals surface area contributed by atoms with Gasteiger partial charge in [0.05, 0.1) is 28.2 Å². The lowest BCUT2D eigenvalue weighted by atomic mass is 9.89. The van der Waals surface area contributed by atoms with Crippen molar-refractivity contribution in [1.82, 2.24) is 9.55 Å². The van der Waals surface area contributed by atoms with E-state index in [4.69, 9.17) is 0 Å². The van der Waals surface area contributed by atoms with Crippen LogP contribution in [0.4, 0.5) is 18.9 Å². The van der Waals surface area contributed by atoms with Crippen LogP contribution in [0.15, 0.2) is 54.9 Å². The lowest BCUT2D eigenvalue weighted by molar-refractivity contribution is -0.137. The van der Waals surface area contributed by atoms with Gasteiger partial charge in [0.2, 0.25) is 0 Å². The van der Waals surface area contributed by atoms with E-state index in [0.29, 0.717) is 24.7 Å². The molecular formula is C23H21F3N4. The monoisotopic (exact) mass is 410 g/mol. The van der Waals surface area contributed by atoms with Crippen LogP contribution in [0.5, 0.6) is 0 Å². The molecular weight excluding hydrogens is 389 g/mol. The van der Waals surface area contributed by atoms with Gasteiger partial charge < -0.3 is 9.47 Å². The average Bonchev–Trinajstić information content (AvgIpc) is 3.19. The number of hydrogen-bond acceptors (Lipinski definition) is 3. The molecule has 4 nitrogen and oxygen atoms in total. The highest BCUT2D eigenvalue weighted by molar-refractivity contribution is 5.61. The molecule has 0 N–H and O–H groups in total. The Morgan fingerprint density at radius 1 is 1.10 bits per heavy atom. The molecule has 0 unspecified atom stereocenters. The number of halogens is 3. The largest absolute Gasteiger partial charge is 0.416 e. The molecule has 0 spiro atoms. The van der Waals surface area contributed by atoms with Crippen molar-refractivity contribution < 1.29 is 13.2 Å². The van der Waals surface area contributed by atoms with E-state index in [-0.39, 0.29) is 5.56 Å². The highest BCUT2D eigenvalue weighted by Gasteiger charge is 2.32. The Labute approximate surface area is 173 Å². The molecule has 3 heterocycles. The van der Waals surface area contributed by atoms with Gasteiger partial charge in [0, 0.05) is 32.5 Å². The summed E-state index contributed by atoms with van der Waals surface area (Å²) in [7, 11) is 1.98. The minimum atomic E-state index is -4.45. The smallest absolute Gasteiger partial charge is 0.370 e. The van der Waals surface area contributed by atoms with Crippen molar-refractivity contribution >= 4 is 5.69 Å². The molecule has 1 aliphatic heterocycles. The Morgan fingerprint density at radius 3 is 2.43 bits per heavy atom. The molecule has 0 bridgehead atoms. The normalized spacial score (nSPS) is 15.2. The summed E-state index contributed by atoms with van der Waals surface area (Å²) in [6.07, 6.45) is 1.17. The number of alkyl halides is 3. The van der Waals surface area contributed by atoms with Crippen molar-refractivity contribution in [1.29, 1.82) is 5.26 Å². The van der Waals surface area contributed by atoms with Crippen LogP contribution in [0.2, 0.25) is 0 Å². The molecule has 4 rings (SSSR count). The van der Waals surface area contributed by atoms with Gasteiger partial charge in [-0.1, -0.05) is 6.07 Å². The third kappa shape index (κ3) is 3.90. The molecule has 1 aliphatic rings. The van der Waals surface area contributed by atoms with Crippen molar-refractivity contribution in [3.05, 3.63) is 71.5 Å². The lowest BCUT2D eigenvalue weighted by Gasteiger charge is -2.34. The van der Waals surface area contributed by atoms with E-state index >= 15 is 0 Å². The van der Waals surface area contributed by atoms with Gasteiger partial charge in [-0.05, 0) is 60.7 Å². The highest BCUT2D eigenvalue weighted by Crippen LogP contribution is 2.35. The SMILES string of the molecule is Cn1cccc1-c1ccc(C2CCN(c3ccc(C(F)(F)F)cc3C#N)CC2)cn1. The van der Waals surface area contributed by atoms with E-state index in [0.717, 1.165) is 36.4 Å². The number of piperidine rings is 1. The minimum Gasteiger partial charge on any atom is -0.370 e. The summed E-state index contributed by atoms with van der Waals surface area (Å²) in [5, 5.41) is 9.34. The van der Waals surface area contributed by atoms with E-state index in [2.05, 4.69) is 11.1 Å². The maximum Gasteiger partial charge on any atom is 0.416 e. The van der Waals surface area contributed by atoms with E-state index in [9.17, 15) is 18.4 Å². The average molecular weight is 410 g/mol. The second-order valence-corrected chi connectivity index (χ2v) is 7.58. The van der Waals surface area contributed by atoms with Crippen LogP contribution in [-0.4, -0.2) is 22.6 Å². The Hall–Kier alpha value is -3.27. The quantitative estimate of drug-likeness (QED) is 0.584. The van der Waals surface area contributed by atoms with Gasteiger partial charge in [-0.3, -0.25) is 4.98 Å². The van der Waals surface area contributed by atoms with Crippen LogP contribution < -0.4 is 4.90 Å². The molecule has 0 atom stereocenters. The minimum absolute atomic E-state index is 0.0665. The zero-order valence-electron chi connectivity index (χ0n) is 16.5. The van der Waals surface area contributed by atoms with Gasteiger partial charge in [0.15, 0.2) is 0 Å². The van der Waals surface area contributed by atoms with Crippen molar-refractivity contribution in [2.24, 2.45) is 7.05 Å². The van der Waals surface area contributed by atoms with E-state index in [1.807, 2.05) is 53.2 Å². The first-order chi connectivity index (χ1) is 14.4. The van der Waals surface area contributed by atoms with Gasteiger partial charge in [-0.15, -0.1) is 0 Å². The van der Waals surface area contributed by atoms with Crippen molar-refractivity contribution in [2.75, 3.05) is 18.0 Å². The van der Waals surface area contributed by atoms with E-state index in [1.165, 1.54) is 11.6 Å². The van der Waals surface area contributed by atoms with Gasteiger partial charge in [0.25, 0.3) is 0 Å². The number of rotatable bonds is 3. The van der Waals surface area contributed by atoms with Gasteiger partial charge in [0.1, 0.15) is 6.07 Å². The fourth-order valence-electron chi connectivity index (χ4n) is 4.06. The first kappa shape index (κ1) is 20.0. The molecule has 1 saturated heterocycles. The molecule has 30 heavy (non-hydrogen) atoms. The molecule has 0 amide bonds. The van der Waals surface area contributed by atoms with Crippen LogP contribution in [0.25, 0.3) is 11.4 Å². The number of hydrogen-bond donors (Lipinski definition) is 0. The Kier molecular flexibility index (Phi) is 5.25. The van der Waals surface area contributed by atoms with E-state index in [1.54, 1.807) is 0 Å². The number of pyridine rings is 1. The van der Waals surface area contributed by atoms with Crippen LogP contribution >= 0.6 is 0 Å². The molecule has 2 aromatic heterocycles. The summed E-state index contributed by atoms with van der Waals surface area (Å²) < 4.78 is 40.8. The van der Waals surface area contributed by atoms with Crippen molar-refractivity contribution in [3.63, 3.8) is 0 Å². The summed E-state index contributed by atoms with van der Waals surface area (Å²) in [6, 6.07) is 13.5. The van der Waals surface area contributed by atoms with Crippen LogP contribution in [0, 0.1) is 11.3 Å². The number of benzene rings is 1. The predicted octanol–water partition coefficient (Wildman–Crippen LogP) is 5.36. The van der Waals surface area contributed by atoms with Crippen LogP contribution in [0.1, 0.15) is 35.4 Å². The first-order valence-corrected chi connectivity index (χ1v) is 9.81. The molecule has 0 radical (unpaired) electrons. The first-order valence-electron chi connectivity index (χ1n) is 9.81. The molecule has 3 aromatic rings. The fourth-order valence-corrected chi connectivity index (χ4v) is 4.06.